The summed E-state index contributed by atoms with van der Waals surface area (Å²) in [6.45, 7) is 0. The van der Waals surface area contributed by atoms with Crippen LogP contribution in [0.3, 0.4) is 0 Å². The molecule has 2 N–H and O–H groups in total. The standard InChI is InChI=1S/C25H16ClN5O2S/c26-17-8-2-6-12-21(17)31-24(33)15-7-1-3-9-18(15)30-25(31)34-14-22(32)16(13-27)23-28-19-10-4-5-11-20(19)29-23/h1-12,32H,14H2,(H,28,29)/b22-16+. The lowest BCUT2D eigenvalue weighted by Crippen LogP contribution is -2.22. The van der Waals surface area contributed by atoms with Crippen molar-refractivity contribution >= 4 is 50.9 Å². The lowest BCUT2D eigenvalue weighted by atomic mass is 10.2. The molecule has 0 saturated carbocycles. The summed E-state index contributed by atoms with van der Waals surface area (Å²) in [5.74, 6) is 0.0891. The number of aliphatic hydroxyl groups excluding tert-OH is 1. The number of hydrogen-bond acceptors (Lipinski definition) is 6. The summed E-state index contributed by atoms with van der Waals surface area (Å²) in [7, 11) is 0. The Morgan fingerprint density at radius 3 is 2.50 bits per heavy atom. The summed E-state index contributed by atoms with van der Waals surface area (Å²) in [6, 6.07) is 23.4. The first-order valence-corrected chi connectivity index (χ1v) is 11.6. The zero-order valence-electron chi connectivity index (χ0n) is 17.6. The number of aliphatic hydroxyl groups is 1. The van der Waals surface area contributed by atoms with Crippen molar-refractivity contribution in [2.45, 2.75) is 5.16 Å². The van der Waals surface area contributed by atoms with Crippen LogP contribution in [0.4, 0.5) is 0 Å². The second-order valence-corrected chi connectivity index (χ2v) is 8.68. The van der Waals surface area contributed by atoms with Gasteiger partial charge in [0.05, 0.1) is 38.4 Å². The van der Waals surface area contributed by atoms with Gasteiger partial charge in [0.2, 0.25) is 0 Å². The molecule has 5 rings (SSSR count). The van der Waals surface area contributed by atoms with Crippen LogP contribution in [0.2, 0.25) is 5.02 Å². The quantitative estimate of drug-likeness (QED) is 0.147. The van der Waals surface area contributed by atoms with Gasteiger partial charge < -0.3 is 10.1 Å². The molecular weight excluding hydrogens is 470 g/mol. The number of imidazole rings is 1. The SMILES string of the molecule is N#C/C(=C(\O)CSc1nc2ccccc2c(=O)n1-c1ccccc1Cl)c1nc2ccccc2[nH]1. The van der Waals surface area contributed by atoms with Crippen molar-refractivity contribution < 1.29 is 5.11 Å². The molecule has 0 bridgehead atoms. The van der Waals surface area contributed by atoms with Crippen molar-refractivity contribution in [3.05, 3.63) is 99.8 Å². The summed E-state index contributed by atoms with van der Waals surface area (Å²) in [6.07, 6.45) is 0. The highest BCUT2D eigenvalue weighted by Crippen LogP contribution is 2.28. The third-order valence-electron chi connectivity index (χ3n) is 5.20. The number of benzene rings is 3. The van der Waals surface area contributed by atoms with Crippen LogP contribution in [-0.4, -0.2) is 30.4 Å². The molecule has 0 atom stereocenters. The van der Waals surface area contributed by atoms with Crippen molar-refractivity contribution in [2.24, 2.45) is 0 Å². The Morgan fingerprint density at radius 2 is 1.74 bits per heavy atom. The Balaban J connectivity index is 1.58. The molecule has 0 fully saturated rings. The molecule has 34 heavy (non-hydrogen) atoms. The minimum Gasteiger partial charge on any atom is -0.510 e. The monoisotopic (exact) mass is 485 g/mol. The zero-order chi connectivity index (χ0) is 23.7. The van der Waals surface area contributed by atoms with E-state index in [1.165, 1.54) is 4.57 Å². The first-order valence-electron chi connectivity index (χ1n) is 10.2. The molecule has 0 saturated heterocycles. The van der Waals surface area contributed by atoms with Gasteiger partial charge in [0.25, 0.3) is 5.56 Å². The minimum absolute atomic E-state index is 0.00479. The van der Waals surface area contributed by atoms with Gasteiger partial charge in [-0.15, -0.1) is 0 Å². The average Bonchev–Trinajstić information content (AvgIpc) is 3.28. The van der Waals surface area contributed by atoms with Crippen LogP contribution in [0, 0.1) is 11.3 Å². The number of aromatic nitrogens is 4. The maximum absolute atomic E-state index is 13.4. The molecule has 2 heterocycles. The zero-order valence-corrected chi connectivity index (χ0v) is 19.1. The first kappa shape index (κ1) is 21.8. The van der Waals surface area contributed by atoms with Crippen molar-refractivity contribution in [1.82, 2.24) is 19.5 Å². The second kappa shape index (κ2) is 9.06. The summed E-state index contributed by atoms with van der Waals surface area (Å²) < 4.78 is 1.43. The maximum Gasteiger partial charge on any atom is 0.266 e. The number of rotatable bonds is 5. The van der Waals surface area contributed by atoms with E-state index >= 15 is 0 Å². The number of halogens is 1. The van der Waals surface area contributed by atoms with Crippen molar-refractivity contribution in [2.75, 3.05) is 5.75 Å². The number of fused-ring (bicyclic) bond motifs is 2. The normalized spacial score (nSPS) is 12.0. The lowest BCUT2D eigenvalue weighted by Gasteiger charge is -2.14. The van der Waals surface area contributed by atoms with Crippen LogP contribution < -0.4 is 5.56 Å². The van der Waals surface area contributed by atoms with Gasteiger partial charge in [-0.05, 0) is 36.4 Å². The van der Waals surface area contributed by atoms with E-state index in [0.717, 1.165) is 17.3 Å². The molecule has 0 aliphatic heterocycles. The molecule has 0 aliphatic rings. The minimum atomic E-state index is -0.275. The highest BCUT2D eigenvalue weighted by molar-refractivity contribution is 7.99. The van der Waals surface area contributed by atoms with Crippen LogP contribution in [0.25, 0.3) is 33.2 Å². The second-order valence-electron chi connectivity index (χ2n) is 7.33. The third-order valence-corrected chi connectivity index (χ3v) is 6.47. The molecule has 0 aliphatic carbocycles. The molecule has 166 valence electrons. The Morgan fingerprint density at radius 1 is 1.03 bits per heavy atom. The smallest absolute Gasteiger partial charge is 0.266 e. The van der Waals surface area contributed by atoms with Crippen molar-refractivity contribution in [1.29, 1.82) is 5.26 Å². The van der Waals surface area contributed by atoms with E-state index in [4.69, 9.17) is 11.6 Å². The van der Waals surface area contributed by atoms with Gasteiger partial charge in [-0.1, -0.05) is 59.8 Å². The van der Waals surface area contributed by atoms with Crippen LogP contribution in [0.5, 0.6) is 0 Å². The highest BCUT2D eigenvalue weighted by atomic mass is 35.5. The largest absolute Gasteiger partial charge is 0.510 e. The van der Waals surface area contributed by atoms with E-state index in [-0.39, 0.29) is 28.5 Å². The molecule has 3 aromatic carbocycles. The number of para-hydroxylation sites is 4. The van der Waals surface area contributed by atoms with Gasteiger partial charge in [0.15, 0.2) is 11.0 Å². The van der Waals surface area contributed by atoms with Crippen LogP contribution in [-0.2, 0) is 0 Å². The van der Waals surface area contributed by atoms with Crippen molar-refractivity contribution in [3.8, 4) is 11.8 Å². The number of nitrogens with one attached hydrogen (secondary N) is 1. The molecule has 0 unspecified atom stereocenters. The number of nitrogens with zero attached hydrogens (tertiary/aromatic N) is 4. The van der Waals surface area contributed by atoms with Crippen LogP contribution in [0.15, 0.2) is 88.5 Å². The first-order chi connectivity index (χ1) is 16.6. The Bertz CT molecular complexity index is 1650. The van der Waals surface area contributed by atoms with Gasteiger partial charge in [0, 0.05) is 0 Å². The molecule has 0 radical (unpaired) electrons. The van der Waals surface area contributed by atoms with E-state index in [9.17, 15) is 15.2 Å². The fraction of sp³-hybridized carbons (Fsp3) is 0.0400. The Hall–Kier alpha value is -4.06. The molecule has 9 heteroatoms. The van der Waals surface area contributed by atoms with Gasteiger partial charge in [-0.3, -0.25) is 9.36 Å². The lowest BCUT2D eigenvalue weighted by molar-refractivity contribution is 0.420. The fourth-order valence-corrected chi connectivity index (χ4v) is 4.69. The highest BCUT2D eigenvalue weighted by Gasteiger charge is 2.18. The van der Waals surface area contributed by atoms with Crippen LogP contribution >= 0.6 is 23.4 Å². The molecule has 5 aromatic rings. The predicted octanol–water partition coefficient (Wildman–Crippen LogP) is 5.50. The topological polar surface area (TPSA) is 108 Å². The molecule has 0 amide bonds. The van der Waals surface area contributed by atoms with Crippen LogP contribution in [0.1, 0.15) is 5.82 Å². The maximum atomic E-state index is 13.4. The van der Waals surface area contributed by atoms with Gasteiger partial charge in [-0.2, -0.15) is 5.26 Å². The number of H-pyrrole nitrogens is 1. The van der Waals surface area contributed by atoms with E-state index in [0.29, 0.717) is 32.3 Å². The number of nitriles is 1. The number of allylic oxidation sites excluding steroid dienone is 1. The Kier molecular flexibility index (Phi) is 5.80. The summed E-state index contributed by atoms with van der Waals surface area (Å²) in [4.78, 5) is 25.5. The molecular formula is C25H16ClN5O2S. The van der Waals surface area contributed by atoms with Gasteiger partial charge in [0.1, 0.15) is 17.4 Å². The Labute approximate surface area is 203 Å². The van der Waals surface area contributed by atoms with Gasteiger partial charge in [-0.25, -0.2) is 9.97 Å². The number of thioether (sulfide) groups is 1. The van der Waals surface area contributed by atoms with E-state index < -0.39 is 0 Å². The third kappa shape index (κ3) is 3.92. The van der Waals surface area contributed by atoms with E-state index in [1.807, 2.05) is 30.3 Å². The summed E-state index contributed by atoms with van der Waals surface area (Å²) in [5, 5.41) is 21.7. The molecule has 7 nitrogen and oxygen atoms in total. The summed E-state index contributed by atoms with van der Waals surface area (Å²) in [5.41, 5.74) is 2.21. The molecule has 2 aromatic heterocycles. The molecule has 0 spiro atoms. The van der Waals surface area contributed by atoms with E-state index in [1.54, 1.807) is 48.5 Å². The van der Waals surface area contributed by atoms with E-state index in [2.05, 4.69) is 15.0 Å². The number of aromatic amines is 1. The summed E-state index contributed by atoms with van der Waals surface area (Å²) >= 11 is 7.52. The number of hydrogen-bond donors (Lipinski definition) is 2. The van der Waals surface area contributed by atoms with Gasteiger partial charge >= 0.3 is 0 Å². The van der Waals surface area contributed by atoms with Crippen molar-refractivity contribution in [3.63, 3.8) is 0 Å². The fourth-order valence-electron chi connectivity index (χ4n) is 3.59. The predicted molar refractivity (Wildman–Crippen MR) is 134 cm³/mol. The average molecular weight is 486 g/mol.